The second-order valence-corrected chi connectivity index (χ2v) is 5.12. The fourth-order valence-corrected chi connectivity index (χ4v) is 2.67. The molecule has 0 saturated heterocycles. The van der Waals surface area contributed by atoms with E-state index in [1.54, 1.807) is 6.07 Å². The lowest BCUT2D eigenvalue weighted by molar-refractivity contribution is -0.384. The number of benzene rings is 1. The SMILES string of the molecule is CC1=C(C(=O)O)C(c2cccc([N+](=O)[O-])c2)C(C)=C(C(=O)O)N1. The smallest absolute Gasteiger partial charge is 0.352 e. The monoisotopic (exact) mass is 318 g/mol. The Kier molecular flexibility index (Phi) is 4.17. The van der Waals surface area contributed by atoms with Crippen LogP contribution in [0.2, 0.25) is 0 Å². The first-order valence-corrected chi connectivity index (χ1v) is 6.63. The minimum absolute atomic E-state index is 0.0343. The minimum Gasteiger partial charge on any atom is -0.478 e. The molecule has 0 bridgehead atoms. The zero-order chi connectivity index (χ0) is 17.3. The van der Waals surface area contributed by atoms with E-state index in [4.69, 9.17) is 0 Å². The third-order valence-corrected chi connectivity index (χ3v) is 3.69. The number of nitro benzene ring substituents is 1. The molecule has 1 atom stereocenters. The summed E-state index contributed by atoms with van der Waals surface area (Å²) in [5, 5.41) is 32.2. The Hall–Kier alpha value is -3.16. The number of rotatable bonds is 4. The van der Waals surface area contributed by atoms with Gasteiger partial charge in [-0.25, -0.2) is 9.59 Å². The van der Waals surface area contributed by atoms with E-state index in [2.05, 4.69) is 5.32 Å². The van der Waals surface area contributed by atoms with E-state index in [1.807, 2.05) is 0 Å². The van der Waals surface area contributed by atoms with Gasteiger partial charge in [0, 0.05) is 23.7 Å². The molecule has 0 spiro atoms. The first-order chi connectivity index (χ1) is 10.7. The zero-order valence-corrected chi connectivity index (χ0v) is 12.4. The van der Waals surface area contributed by atoms with Crippen LogP contribution in [0.5, 0.6) is 0 Å². The molecule has 1 heterocycles. The molecular formula is C15H14N2O6. The van der Waals surface area contributed by atoms with Crippen LogP contribution in [0.25, 0.3) is 0 Å². The number of aliphatic carboxylic acids is 2. The standard InChI is InChI=1S/C15H14N2O6/c1-7-11(9-4-3-5-10(6-9)17(22)23)12(14(18)19)8(2)16-13(7)15(20)21/h3-6,11,16H,1-2H3,(H,18,19)(H,20,21). The normalized spacial score (nSPS) is 17.7. The summed E-state index contributed by atoms with van der Waals surface area (Å²) in [6, 6.07) is 5.54. The van der Waals surface area contributed by atoms with Crippen LogP contribution < -0.4 is 5.32 Å². The van der Waals surface area contributed by atoms with Crippen molar-refractivity contribution in [1.82, 2.24) is 5.32 Å². The molecule has 0 amide bonds. The molecule has 0 fully saturated rings. The van der Waals surface area contributed by atoms with Gasteiger partial charge in [-0.05, 0) is 25.0 Å². The summed E-state index contributed by atoms with van der Waals surface area (Å²) in [6.45, 7) is 2.96. The van der Waals surface area contributed by atoms with Crippen molar-refractivity contribution in [2.24, 2.45) is 0 Å². The van der Waals surface area contributed by atoms with Gasteiger partial charge in [-0.15, -0.1) is 0 Å². The molecule has 23 heavy (non-hydrogen) atoms. The first kappa shape index (κ1) is 16.2. The van der Waals surface area contributed by atoms with E-state index < -0.39 is 22.8 Å². The maximum atomic E-state index is 11.6. The van der Waals surface area contributed by atoms with Gasteiger partial charge in [-0.3, -0.25) is 10.1 Å². The summed E-state index contributed by atoms with van der Waals surface area (Å²) in [5.74, 6) is -3.31. The molecule has 0 radical (unpaired) electrons. The van der Waals surface area contributed by atoms with Crippen molar-refractivity contribution in [1.29, 1.82) is 0 Å². The van der Waals surface area contributed by atoms with E-state index >= 15 is 0 Å². The molecule has 8 heteroatoms. The number of nitrogens with zero attached hydrogens (tertiary/aromatic N) is 1. The van der Waals surface area contributed by atoms with Gasteiger partial charge in [0.2, 0.25) is 0 Å². The Bertz CT molecular complexity index is 778. The van der Waals surface area contributed by atoms with E-state index in [1.165, 1.54) is 32.0 Å². The Morgan fingerprint density at radius 2 is 1.87 bits per heavy atom. The van der Waals surface area contributed by atoms with Crippen molar-refractivity contribution >= 4 is 17.6 Å². The second kappa shape index (κ2) is 5.91. The maximum Gasteiger partial charge on any atom is 0.352 e. The first-order valence-electron chi connectivity index (χ1n) is 6.63. The highest BCUT2D eigenvalue weighted by Gasteiger charge is 2.34. The summed E-state index contributed by atoms with van der Waals surface area (Å²) in [4.78, 5) is 33.3. The molecule has 1 aromatic carbocycles. The van der Waals surface area contributed by atoms with Crippen molar-refractivity contribution in [3.05, 3.63) is 62.5 Å². The van der Waals surface area contributed by atoms with Crippen molar-refractivity contribution < 1.29 is 24.7 Å². The summed E-state index contributed by atoms with van der Waals surface area (Å²) < 4.78 is 0. The lowest BCUT2D eigenvalue weighted by Crippen LogP contribution is -2.31. The molecule has 0 aromatic heterocycles. The molecule has 1 aliphatic heterocycles. The highest BCUT2D eigenvalue weighted by Crippen LogP contribution is 2.38. The average molecular weight is 318 g/mol. The van der Waals surface area contributed by atoms with Crippen LogP contribution in [0, 0.1) is 10.1 Å². The number of carboxylic acids is 2. The van der Waals surface area contributed by atoms with Crippen LogP contribution in [-0.4, -0.2) is 27.1 Å². The highest BCUT2D eigenvalue weighted by molar-refractivity contribution is 5.95. The number of hydrogen-bond donors (Lipinski definition) is 3. The highest BCUT2D eigenvalue weighted by atomic mass is 16.6. The molecule has 3 N–H and O–H groups in total. The largest absolute Gasteiger partial charge is 0.478 e. The van der Waals surface area contributed by atoms with Gasteiger partial charge in [0.05, 0.1) is 10.5 Å². The number of carbonyl (C=O) groups is 2. The molecule has 120 valence electrons. The minimum atomic E-state index is -1.22. The van der Waals surface area contributed by atoms with Crippen molar-refractivity contribution in [2.45, 2.75) is 19.8 Å². The number of nitrogens with one attached hydrogen (secondary N) is 1. The molecular weight excluding hydrogens is 304 g/mol. The zero-order valence-electron chi connectivity index (χ0n) is 12.4. The summed E-state index contributed by atoms with van der Waals surface area (Å²) in [6.07, 6.45) is 0. The predicted molar refractivity (Wildman–Crippen MR) is 79.6 cm³/mol. The van der Waals surface area contributed by atoms with Crippen molar-refractivity contribution in [3.63, 3.8) is 0 Å². The third-order valence-electron chi connectivity index (χ3n) is 3.69. The summed E-state index contributed by atoms with van der Waals surface area (Å²) in [5.41, 5.74) is 0.483. The van der Waals surface area contributed by atoms with E-state index in [-0.39, 0.29) is 28.2 Å². The molecule has 2 rings (SSSR count). The molecule has 0 saturated carbocycles. The fourth-order valence-electron chi connectivity index (χ4n) is 2.67. The predicted octanol–water partition coefficient (Wildman–Crippen LogP) is 2.00. The molecule has 8 nitrogen and oxygen atoms in total. The van der Waals surface area contributed by atoms with Gasteiger partial charge in [-0.1, -0.05) is 12.1 Å². The number of hydrogen-bond acceptors (Lipinski definition) is 5. The maximum absolute atomic E-state index is 11.6. The van der Waals surface area contributed by atoms with Crippen molar-refractivity contribution in [2.75, 3.05) is 0 Å². The fraction of sp³-hybridized carbons (Fsp3) is 0.200. The summed E-state index contributed by atoms with van der Waals surface area (Å²) in [7, 11) is 0. The van der Waals surface area contributed by atoms with Gasteiger partial charge in [0.15, 0.2) is 0 Å². The van der Waals surface area contributed by atoms with E-state index in [0.29, 0.717) is 5.56 Å². The Balaban J connectivity index is 2.68. The van der Waals surface area contributed by atoms with Gasteiger partial charge in [-0.2, -0.15) is 0 Å². The Morgan fingerprint density at radius 1 is 1.22 bits per heavy atom. The number of allylic oxidation sites excluding steroid dienone is 2. The average Bonchev–Trinajstić information content (AvgIpc) is 2.48. The van der Waals surface area contributed by atoms with Gasteiger partial charge in [0.25, 0.3) is 5.69 Å². The van der Waals surface area contributed by atoms with Crippen molar-refractivity contribution in [3.8, 4) is 0 Å². The lowest BCUT2D eigenvalue weighted by Gasteiger charge is -2.28. The Labute approximate surface area is 130 Å². The second-order valence-electron chi connectivity index (χ2n) is 5.12. The van der Waals surface area contributed by atoms with Gasteiger partial charge in [0.1, 0.15) is 5.70 Å². The quantitative estimate of drug-likeness (QED) is 0.571. The van der Waals surface area contributed by atoms with Gasteiger partial charge >= 0.3 is 11.9 Å². The summed E-state index contributed by atoms with van der Waals surface area (Å²) >= 11 is 0. The van der Waals surface area contributed by atoms with Crippen LogP contribution in [0.4, 0.5) is 5.69 Å². The van der Waals surface area contributed by atoms with E-state index in [9.17, 15) is 29.9 Å². The van der Waals surface area contributed by atoms with Gasteiger partial charge < -0.3 is 15.5 Å². The molecule has 1 unspecified atom stereocenters. The molecule has 0 aliphatic carbocycles. The number of carboxylic acid groups (broad SMARTS) is 2. The number of nitro groups is 1. The number of dihydropyridines is 1. The number of non-ortho nitro benzene ring substituents is 1. The van der Waals surface area contributed by atoms with Crippen LogP contribution in [-0.2, 0) is 9.59 Å². The van der Waals surface area contributed by atoms with Crippen LogP contribution >= 0.6 is 0 Å². The lowest BCUT2D eigenvalue weighted by atomic mass is 9.81. The topological polar surface area (TPSA) is 130 Å². The molecule has 1 aliphatic rings. The van der Waals surface area contributed by atoms with Crippen LogP contribution in [0.1, 0.15) is 25.3 Å². The molecule has 1 aromatic rings. The van der Waals surface area contributed by atoms with Crippen LogP contribution in [0.3, 0.4) is 0 Å². The van der Waals surface area contributed by atoms with E-state index in [0.717, 1.165) is 0 Å². The van der Waals surface area contributed by atoms with Crippen LogP contribution in [0.15, 0.2) is 46.8 Å². The Morgan fingerprint density at radius 3 is 2.39 bits per heavy atom. The third kappa shape index (κ3) is 2.91.